The number of aliphatic hydroxyl groups is 1. The molecule has 0 bridgehead atoms. The molecule has 4 nitrogen and oxygen atoms in total. The smallest absolute Gasteiger partial charge is 0.255 e. The third-order valence-electron chi connectivity index (χ3n) is 2.94. The molecule has 0 unspecified atom stereocenters. The van der Waals surface area contributed by atoms with Crippen LogP contribution in [0.1, 0.15) is 30.1 Å². The zero-order chi connectivity index (χ0) is 12.5. The molecule has 1 aromatic rings. The SMILES string of the molecule is C[C@]1(O)CCCN(C(=O)c2ccc(Br)nc2)C1. The Labute approximate surface area is 109 Å². The molecule has 92 valence electrons. The van der Waals surface area contributed by atoms with E-state index in [4.69, 9.17) is 0 Å². The van der Waals surface area contributed by atoms with Gasteiger partial charge in [-0.05, 0) is 47.8 Å². The maximum Gasteiger partial charge on any atom is 0.255 e. The Kier molecular flexibility index (Phi) is 3.49. The summed E-state index contributed by atoms with van der Waals surface area (Å²) in [5.41, 5.74) is -0.206. The van der Waals surface area contributed by atoms with Gasteiger partial charge >= 0.3 is 0 Å². The first-order chi connectivity index (χ1) is 7.98. The highest BCUT2D eigenvalue weighted by molar-refractivity contribution is 9.10. The van der Waals surface area contributed by atoms with Crippen molar-refractivity contribution in [1.29, 1.82) is 0 Å². The minimum atomic E-state index is -0.767. The van der Waals surface area contributed by atoms with Crippen LogP contribution in [-0.2, 0) is 0 Å². The van der Waals surface area contributed by atoms with Crippen LogP contribution in [0.2, 0.25) is 0 Å². The van der Waals surface area contributed by atoms with Crippen LogP contribution in [0.15, 0.2) is 22.9 Å². The van der Waals surface area contributed by atoms with Crippen LogP contribution in [0.3, 0.4) is 0 Å². The van der Waals surface area contributed by atoms with Crippen molar-refractivity contribution in [2.45, 2.75) is 25.4 Å². The minimum absolute atomic E-state index is 0.0648. The molecule has 17 heavy (non-hydrogen) atoms. The lowest BCUT2D eigenvalue weighted by molar-refractivity contribution is -0.0107. The van der Waals surface area contributed by atoms with Gasteiger partial charge in [-0.1, -0.05) is 0 Å². The van der Waals surface area contributed by atoms with E-state index >= 15 is 0 Å². The quantitative estimate of drug-likeness (QED) is 0.805. The van der Waals surface area contributed by atoms with E-state index in [-0.39, 0.29) is 5.91 Å². The number of nitrogens with zero attached hydrogens (tertiary/aromatic N) is 2. The molecule has 0 saturated carbocycles. The fourth-order valence-electron chi connectivity index (χ4n) is 2.08. The van der Waals surface area contributed by atoms with Crippen LogP contribution in [0.25, 0.3) is 0 Å². The summed E-state index contributed by atoms with van der Waals surface area (Å²) in [4.78, 5) is 17.9. The van der Waals surface area contributed by atoms with Crippen LogP contribution in [0.5, 0.6) is 0 Å². The molecule has 2 rings (SSSR count). The number of carbonyl (C=O) groups excluding carboxylic acids is 1. The van der Waals surface area contributed by atoms with Gasteiger partial charge in [0.2, 0.25) is 0 Å². The number of pyridine rings is 1. The van der Waals surface area contributed by atoms with Gasteiger partial charge < -0.3 is 10.0 Å². The predicted molar refractivity (Wildman–Crippen MR) is 67.7 cm³/mol. The van der Waals surface area contributed by atoms with Gasteiger partial charge in [0, 0.05) is 19.3 Å². The van der Waals surface area contributed by atoms with Crippen LogP contribution >= 0.6 is 15.9 Å². The monoisotopic (exact) mass is 298 g/mol. The molecule has 0 aliphatic carbocycles. The van der Waals surface area contributed by atoms with E-state index in [1.54, 1.807) is 30.2 Å². The summed E-state index contributed by atoms with van der Waals surface area (Å²) in [6.07, 6.45) is 3.13. The topological polar surface area (TPSA) is 53.4 Å². The molecule has 1 fully saturated rings. The molecule has 1 atom stereocenters. The third-order valence-corrected chi connectivity index (χ3v) is 3.41. The van der Waals surface area contributed by atoms with Crippen molar-refractivity contribution in [3.63, 3.8) is 0 Å². The van der Waals surface area contributed by atoms with Gasteiger partial charge in [-0.15, -0.1) is 0 Å². The van der Waals surface area contributed by atoms with Crippen molar-refractivity contribution >= 4 is 21.8 Å². The number of hydrogen-bond donors (Lipinski definition) is 1. The van der Waals surface area contributed by atoms with E-state index in [1.807, 2.05) is 0 Å². The Bertz CT molecular complexity index is 417. The number of halogens is 1. The first-order valence-corrected chi connectivity index (χ1v) is 6.40. The lowest BCUT2D eigenvalue weighted by Crippen LogP contribution is -2.48. The second-order valence-electron chi connectivity index (χ2n) is 4.70. The Balaban J connectivity index is 2.12. The van der Waals surface area contributed by atoms with Crippen molar-refractivity contribution in [3.8, 4) is 0 Å². The molecular weight excluding hydrogens is 284 g/mol. The Morgan fingerprint density at radius 2 is 2.35 bits per heavy atom. The van der Waals surface area contributed by atoms with E-state index in [0.29, 0.717) is 23.3 Å². The molecule has 0 aromatic carbocycles. The number of piperidine rings is 1. The average Bonchev–Trinajstić information content (AvgIpc) is 2.28. The lowest BCUT2D eigenvalue weighted by Gasteiger charge is -2.36. The number of amides is 1. The van der Waals surface area contributed by atoms with E-state index < -0.39 is 5.60 Å². The summed E-state index contributed by atoms with van der Waals surface area (Å²) in [6, 6.07) is 3.48. The first kappa shape index (κ1) is 12.5. The van der Waals surface area contributed by atoms with Crippen molar-refractivity contribution in [3.05, 3.63) is 28.5 Å². The molecule has 1 aromatic heterocycles. The number of carbonyl (C=O) groups is 1. The number of β-amino-alcohol motifs (C(OH)–C–C–N with tert-alkyl or cyclic N) is 1. The maximum absolute atomic E-state index is 12.2. The first-order valence-electron chi connectivity index (χ1n) is 5.61. The second kappa shape index (κ2) is 4.74. The number of hydrogen-bond acceptors (Lipinski definition) is 3. The summed E-state index contributed by atoms with van der Waals surface area (Å²) >= 11 is 3.23. The van der Waals surface area contributed by atoms with Crippen LogP contribution in [-0.4, -0.2) is 39.6 Å². The van der Waals surface area contributed by atoms with E-state index in [1.165, 1.54) is 0 Å². The molecule has 0 radical (unpaired) electrons. The summed E-state index contributed by atoms with van der Waals surface area (Å²) in [7, 11) is 0. The van der Waals surface area contributed by atoms with Gasteiger partial charge in [-0.25, -0.2) is 4.98 Å². The summed E-state index contributed by atoms with van der Waals surface area (Å²) < 4.78 is 0.708. The van der Waals surface area contributed by atoms with Gasteiger partial charge in [-0.3, -0.25) is 4.79 Å². The number of aromatic nitrogens is 1. The third kappa shape index (κ3) is 3.04. The van der Waals surface area contributed by atoms with E-state index in [9.17, 15) is 9.90 Å². The molecule has 2 heterocycles. The van der Waals surface area contributed by atoms with Crippen LogP contribution < -0.4 is 0 Å². The second-order valence-corrected chi connectivity index (χ2v) is 5.51. The van der Waals surface area contributed by atoms with Crippen molar-refractivity contribution in [2.24, 2.45) is 0 Å². The van der Waals surface area contributed by atoms with Crippen LogP contribution in [0.4, 0.5) is 0 Å². The van der Waals surface area contributed by atoms with Gasteiger partial charge in [0.15, 0.2) is 0 Å². The highest BCUT2D eigenvalue weighted by atomic mass is 79.9. The fraction of sp³-hybridized carbons (Fsp3) is 0.500. The molecule has 1 aliphatic rings. The van der Waals surface area contributed by atoms with Crippen molar-refractivity contribution in [2.75, 3.05) is 13.1 Å². The standard InChI is InChI=1S/C12H15BrN2O2/c1-12(17)5-2-6-15(8-12)11(16)9-3-4-10(13)14-7-9/h3-4,7,17H,2,5-6,8H2,1H3/t12-/m0/s1. The lowest BCUT2D eigenvalue weighted by atomic mass is 9.95. The number of rotatable bonds is 1. The largest absolute Gasteiger partial charge is 0.388 e. The molecule has 1 amide bonds. The number of likely N-dealkylation sites (tertiary alicyclic amines) is 1. The minimum Gasteiger partial charge on any atom is -0.388 e. The summed E-state index contributed by atoms with van der Waals surface area (Å²) in [5.74, 6) is -0.0648. The molecule has 5 heteroatoms. The fourth-order valence-corrected chi connectivity index (χ4v) is 2.31. The highest BCUT2D eigenvalue weighted by Crippen LogP contribution is 2.21. The van der Waals surface area contributed by atoms with Crippen LogP contribution in [0, 0.1) is 0 Å². The highest BCUT2D eigenvalue weighted by Gasteiger charge is 2.31. The zero-order valence-electron chi connectivity index (χ0n) is 9.69. The summed E-state index contributed by atoms with van der Waals surface area (Å²) in [5, 5.41) is 9.97. The van der Waals surface area contributed by atoms with E-state index in [0.717, 1.165) is 12.8 Å². The van der Waals surface area contributed by atoms with Gasteiger partial charge in [0.25, 0.3) is 5.91 Å². The zero-order valence-corrected chi connectivity index (χ0v) is 11.3. The van der Waals surface area contributed by atoms with Crippen molar-refractivity contribution in [1.82, 2.24) is 9.88 Å². The molecule has 1 N–H and O–H groups in total. The average molecular weight is 299 g/mol. The molecule has 0 spiro atoms. The van der Waals surface area contributed by atoms with Gasteiger partial charge in [0.05, 0.1) is 11.2 Å². The van der Waals surface area contributed by atoms with E-state index in [2.05, 4.69) is 20.9 Å². The Morgan fingerprint density at radius 1 is 1.59 bits per heavy atom. The molecule has 1 saturated heterocycles. The Hall–Kier alpha value is -0.940. The van der Waals surface area contributed by atoms with Gasteiger partial charge in [-0.2, -0.15) is 0 Å². The van der Waals surface area contributed by atoms with Gasteiger partial charge in [0.1, 0.15) is 4.60 Å². The maximum atomic E-state index is 12.2. The Morgan fingerprint density at radius 3 is 2.94 bits per heavy atom. The molecular formula is C12H15BrN2O2. The molecule has 1 aliphatic heterocycles. The predicted octanol–water partition coefficient (Wildman–Crippen LogP) is 1.83. The van der Waals surface area contributed by atoms with Crippen molar-refractivity contribution < 1.29 is 9.90 Å². The summed E-state index contributed by atoms with van der Waals surface area (Å²) in [6.45, 7) is 2.86. The normalized spacial score (nSPS) is 24.8.